The van der Waals surface area contributed by atoms with Crippen molar-refractivity contribution in [3.63, 3.8) is 0 Å². The lowest BCUT2D eigenvalue weighted by Crippen LogP contribution is -2.43. The number of cyclic esters (lactones) is 1. The number of nitrogens with zero attached hydrogens (tertiary/aromatic N) is 5. The number of para-hydroxylation sites is 1. The number of nitrogens with one attached hydrogen (secondary N) is 1. The lowest BCUT2D eigenvalue weighted by atomic mass is 9.92. The average molecular weight is 455 g/mol. The summed E-state index contributed by atoms with van der Waals surface area (Å²) in [4.78, 5) is 23.4. The first-order chi connectivity index (χ1) is 16.6. The molecule has 1 unspecified atom stereocenters. The van der Waals surface area contributed by atoms with Gasteiger partial charge in [0.1, 0.15) is 18.0 Å². The van der Waals surface area contributed by atoms with E-state index in [-0.39, 0.29) is 12.6 Å². The molecule has 0 bridgehead atoms. The molecule has 1 saturated heterocycles. The second-order valence-electron chi connectivity index (χ2n) is 8.43. The van der Waals surface area contributed by atoms with Crippen molar-refractivity contribution < 1.29 is 9.53 Å². The number of rotatable bonds is 7. The molecule has 1 amide bonds. The highest BCUT2D eigenvalue weighted by Crippen LogP contribution is 2.37. The maximum absolute atomic E-state index is 12.7. The Morgan fingerprint density at radius 1 is 1.09 bits per heavy atom. The van der Waals surface area contributed by atoms with E-state index in [0.717, 1.165) is 23.2 Å². The van der Waals surface area contributed by atoms with Gasteiger partial charge in [0.25, 0.3) is 0 Å². The number of ether oxygens (including phenoxy) is 1. The minimum absolute atomic E-state index is 0.0428. The second-order valence-corrected chi connectivity index (χ2v) is 8.43. The summed E-state index contributed by atoms with van der Waals surface area (Å²) in [6.45, 7) is 4.32. The zero-order valence-corrected chi connectivity index (χ0v) is 19.1. The molecule has 172 valence electrons. The van der Waals surface area contributed by atoms with Crippen LogP contribution in [0.5, 0.6) is 0 Å². The molecule has 8 nitrogen and oxygen atoms in total. The van der Waals surface area contributed by atoms with Gasteiger partial charge in [-0.25, -0.2) is 19.4 Å². The van der Waals surface area contributed by atoms with Crippen LogP contribution in [0.1, 0.15) is 37.4 Å². The number of hydrogen-bond acceptors (Lipinski definition) is 6. The Bertz CT molecular complexity index is 1280. The predicted octanol–water partition coefficient (Wildman–Crippen LogP) is 5.10. The van der Waals surface area contributed by atoms with E-state index in [9.17, 15) is 4.79 Å². The second kappa shape index (κ2) is 8.97. The highest BCUT2D eigenvalue weighted by Gasteiger charge is 2.46. The van der Waals surface area contributed by atoms with Gasteiger partial charge in [0.2, 0.25) is 5.95 Å². The average Bonchev–Trinajstić information content (AvgIpc) is 3.49. The smallest absolute Gasteiger partial charge is 0.416 e. The number of aromatic nitrogens is 4. The van der Waals surface area contributed by atoms with Crippen molar-refractivity contribution in [1.29, 1.82) is 0 Å². The SMILES string of the molecule is CCC(Nc1nccc(N2C(=O)OC[C@]2(C)c2ccccc2)n1)c1cnn(-c2ccccc2)c1. The third-order valence-corrected chi connectivity index (χ3v) is 6.16. The molecule has 1 N–H and O–H groups in total. The van der Waals surface area contributed by atoms with E-state index in [2.05, 4.69) is 27.3 Å². The van der Waals surface area contributed by atoms with E-state index < -0.39 is 11.6 Å². The van der Waals surface area contributed by atoms with Crippen LogP contribution < -0.4 is 10.2 Å². The standard InChI is InChI=1S/C26H26N6O2/c1-3-22(19-16-28-31(17-19)21-12-8-5-9-13-21)29-24-27-15-14-23(30-24)32-25(33)34-18-26(32,2)20-10-6-4-7-11-20/h4-17,22H,3,18H2,1-2H3,(H,27,29,30)/t22?,26-/m1/s1. The molecule has 2 atom stereocenters. The topological polar surface area (TPSA) is 85.2 Å². The Morgan fingerprint density at radius 3 is 2.56 bits per heavy atom. The van der Waals surface area contributed by atoms with Gasteiger partial charge >= 0.3 is 6.09 Å². The molecule has 4 aromatic rings. The summed E-state index contributed by atoms with van der Waals surface area (Å²) in [7, 11) is 0. The monoisotopic (exact) mass is 454 g/mol. The summed E-state index contributed by atoms with van der Waals surface area (Å²) < 4.78 is 7.29. The van der Waals surface area contributed by atoms with Crippen LogP contribution in [-0.4, -0.2) is 32.4 Å². The summed E-state index contributed by atoms with van der Waals surface area (Å²) in [6, 6.07) is 21.5. The van der Waals surface area contributed by atoms with Crippen molar-refractivity contribution in [3.05, 3.63) is 96.4 Å². The van der Waals surface area contributed by atoms with E-state index >= 15 is 0 Å². The molecule has 2 aromatic carbocycles. The Kier molecular flexibility index (Phi) is 5.71. The van der Waals surface area contributed by atoms with Crippen LogP contribution >= 0.6 is 0 Å². The first kappa shape index (κ1) is 21.6. The summed E-state index contributed by atoms with van der Waals surface area (Å²) in [5.41, 5.74) is 2.34. The van der Waals surface area contributed by atoms with Crippen molar-refractivity contribution in [2.24, 2.45) is 0 Å². The largest absolute Gasteiger partial charge is 0.446 e. The fourth-order valence-corrected chi connectivity index (χ4v) is 4.25. The fraction of sp³-hybridized carbons (Fsp3) is 0.231. The van der Waals surface area contributed by atoms with Crippen LogP contribution in [0.25, 0.3) is 5.69 Å². The number of amides is 1. The van der Waals surface area contributed by atoms with Crippen molar-refractivity contribution >= 4 is 17.9 Å². The van der Waals surface area contributed by atoms with Gasteiger partial charge in [-0.1, -0.05) is 55.5 Å². The number of anilines is 2. The third kappa shape index (κ3) is 3.98. The van der Waals surface area contributed by atoms with Gasteiger partial charge in [-0.3, -0.25) is 0 Å². The first-order valence-electron chi connectivity index (χ1n) is 11.3. The molecular weight excluding hydrogens is 428 g/mol. The van der Waals surface area contributed by atoms with Crippen molar-refractivity contribution in [2.45, 2.75) is 31.8 Å². The molecule has 0 saturated carbocycles. The highest BCUT2D eigenvalue weighted by molar-refractivity contribution is 5.90. The molecule has 34 heavy (non-hydrogen) atoms. The van der Waals surface area contributed by atoms with Gasteiger partial charge in [-0.2, -0.15) is 10.1 Å². The molecule has 5 rings (SSSR count). The quantitative estimate of drug-likeness (QED) is 0.418. The lowest BCUT2D eigenvalue weighted by Gasteiger charge is -2.31. The zero-order chi connectivity index (χ0) is 23.5. The third-order valence-electron chi connectivity index (χ3n) is 6.16. The van der Waals surface area contributed by atoms with Crippen molar-refractivity contribution in [1.82, 2.24) is 19.7 Å². The summed E-state index contributed by atoms with van der Waals surface area (Å²) >= 11 is 0. The van der Waals surface area contributed by atoms with Gasteiger partial charge in [-0.15, -0.1) is 0 Å². The molecule has 1 fully saturated rings. The molecule has 1 aliphatic heterocycles. The van der Waals surface area contributed by atoms with E-state index in [0.29, 0.717) is 11.8 Å². The molecule has 0 spiro atoms. The molecule has 8 heteroatoms. The maximum atomic E-state index is 12.7. The van der Waals surface area contributed by atoms with Gasteiger partial charge in [0.05, 0.1) is 17.9 Å². The summed E-state index contributed by atoms with van der Waals surface area (Å²) in [6.07, 6.45) is 5.89. The number of benzene rings is 2. The van der Waals surface area contributed by atoms with Crippen LogP contribution in [0.3, 0.4) is 0 Å². The molecular formula is C26H26N6O2. The Hall–Kier alpha value is -4.20. The van der Waals surface area contributed by atoms with E-state index in [1.165, 1.54) is 0 Å². The summed E-state index contributed by atoms with van der Waals surface area (Å²) in [5, 5.41) is 7.91. The first-order valence-corrected chi connectivity index (χ1v) is 11.3. The number of hydrogen-bond donors (Lipinski definition) is 1. The van der Waals surface area contributed by atoms with Crippen LogP contribution in [0.4, 0.5) is 16.6 Å². The molecule has 1 aliphatic rings. The normalized spacial score (nSPS) is 18.5. The van der Waals surface area contributed by atoms with Crippen molar-refractivity contribution in [3.8, 4) is 5.69 Å². The summed E-state index contributed by atoms with van der Waals surface area (Å²) in [5.74, 6) is 0.924. The zero-order valence-electron chi connectivity index (χ0n) is 19.1. The Labute approximate surface area is 198 Å². The van der Waals surface area contributed by atoms with Crippen LogP contribution in [0.15, 0.2) is 85.3 Å². The van der Waals surface area contributed by atoms with Gasteiger partial charge in [-0.05, 0) is 37.1 Å². The van der Waals surface area contributed by atoms with Gasteiger partial charge in [0.15, 0.2) is 0 Å². The lowest BCUT2D eigenvalue weighted by molar-refractivity contribution is 0.174. The Morgan fingerprint density at radius 2 is 1.82 bits per heavy atom. The van der Waals surface area contributed by atoms with Crippen LogP contribution in [0.2, 0.25) is 0 Å². The minimum Gasteiger partial charge on any atom is -0.446 e. The molecule has 2 aromatic heterocycles. The van der Waals surface area contributed by atoms with Crippen molar-refractivity contribution in [2.75, 3.05) is 16.8 Å². The van der Waals surface area contributed by atoms with E-state index in [4.69, 9.17) is 4.74 Å². The predicted molar refractivity (Wildman–Crippen MR) is 130 cm³/mol. The highest BCUT2D eigenvalue weighted by atomic mass is 16.6. The maximum Gasteiger partial charge on any atom is 0.416 e. The molecule has 0 aliphatic carbocycles. The van der Waals surface area contributed by atoms with Gasteiger partial charge in [0, 0.05) is 18.0 Å². The Balaban J connectivity index is 1.41. The van der Waals surface area contributed by atoms with E-state index in [1.54, 1.807) is 17.2 Å². The van der Waals surface area contributed by atoms with Gasteiger partial charge < -0.3 is 10.1 Å². The number of carbonyl (C=O) groups is 1. The van der Waals surface area contributed by atoms with E-state index in [1.807, 2.05) is 84.7 Å². The number of carbonyl (C=O) groups excluding carboxylic acids is 1. The van der Waals surface area contributed by atoms with Crippen LogP contribution in [-0.2, 0) is 10.3 Å². The fourth-order valence-electron chi connectivity index (χ4n) is 4.25. The molecule has 3 heterocycles. The minimum atomic E-state index is -0.662. The molecule has 0 radical (unpaired) electrons. The van der Waals surface area contributed by atoms with Crippen LogP contribution in [0, 0.1) is 0 Å².